The zero-order valence-corrected chi connectivity index (χ0v) is 16.8. The summed E-state index contributed by atoms with van der Waals surface area (Å²) >= 11 is 6.18. The van der Waals surface area contributed by atoms with Crippen LogP contribution in [0.25, 0.3) is 11.2 Å². The highest BCUT2D eigenvalue weighted by atomic mass is 35.5. The van der Waals surface area contributed by atoms with Crippen molar-refractivity contribution in [3.05, 3.63) is 41.4 Å². The first-order valence-corrected chi connectivity index (χ1v) is 10.2. The molecule has 158 valence electrons. The molecule has 2 aromatic heterocycles. The molecule has 30 heavy (non-hydrogen) atoms. The fourth-order valence-corrected chi connectivity index (χ4v) is 4.70. The minimum Gasteiger partial charge on any atom is -0.491 e. The zero-order chi connectivity index (χ0) is 20.9. The van der Waals surface area contributed by atoms with Crippen LogP contribution < -0.4 is 10.1 Å². The molecule has 0 bridgehead atoms. The second kappa shape index (κ2) is 7.33. The van der Waals surface area contributed by atoms with Gasteiger partial charge in [0.15, 0.2) is 17.0 Å². The van der Waals surface area contributed by atoms with Gasteiger partial charge in [-0.15, -0.1) is 0 Å². The standard InChI is InChI=1S/C20H21ClFN5O3/c21-19-25-17(23-9-11-2-1-3-12(6-11)30-5-4-22)15-18(26-19)27(10-24-15)20-7-13(20)16(29)14(28)8-20/h1-3,6,10,13-14,16,28-29H,4-5,7-9H2,(H,23,25,26)/t13-,14-,16+,20-/m0/s1. The van der Waals surface area contributed by atoms with Crippen molar-refractivity contribution >= 4 is 28.6 Å². The van der Waals surface area contributed by atoms with E-state index >= 15 is 0 Å². The molecular formula is C20H21ClFN5O3. The maximum absolute atomic E-state index is 12.3. The molecule has 2 saturated carbocycles. The molecule has 2 fully saturated rings. The predicted octanol–water partition coefficient (Wildman–Crippen LogP) is 2.28. The van der Waals surface area contributed by atoms with Gasteiger partial charge in [0.2, 0.25) is 5.28 Å². The fraction of sp³-hybridized carbons (Fsp3) is 0.450. The van der Waals surface area contributed by atoms with Crippen LogP contribution in [0.15, 0.2) is 30.6 Å². The molecule has 4 atom stereocenters. The highest BCUT2D eigenvalue weighted by Gasteiger charge is 2.66. The summed E-state index contributed by atoms with van der Waals surface area (Å²) in [5, 5.41) is 23.5. The van der Waals surface area contributed by atoms with Crippen LogP contribution in [0, 0.1) is 5.92 Å². The number of fused-ring (bicyclic) bond motifs is 2. The van der Waals surface area contributed by atoms with Crippen molar-refractivity contribution < 1.29 is 19.3 Å². The van der Waals surface area contributed by atoms with Gasteiger partial charge in [-0.3, -0.25) is 0 Å². The zero-order valence-electron chi connectivity index (χ0n) is 16.0. The molecule has 0 amide bonds. The summed E-state index contributed by atoms with van der Waals surface area (Å²) in [6.45, 7) is -0.0884. The Morgan fingerprint density at radius 2 is 2.17 bits per heavy atom. The van der Waals surface area contributed by atoms with E-state index in [0.29, 0.717) is 35.7 Å². The molecule has 8 nitrogen and oxygen atoms in total. The third kappa shape index (κ3) is 3.17. The minimum absolute atomic E-state index is 0.0119. The quantitative estimate of drug-likeness (QED) is 0.491. The summed E-state index contributed by atoms with van der Waals surface area (Å²) < 4.78 is 19.6. The topological polar surface area (TPSA) is 105 Å². The van der Waals surface area contributed by atoms with Gasteiger partial charge in [-0.25, -0.2) is 9.37 Å². The number of alkyl halides is 1. The van der Waals surface area contributed by atoms with Gasteiger partial charge in [-0.05, 0) is 42.1 Å². The average molecular weight is 434 g/mol. The van der Waals surface area contributed by atoms with Crippen LogP contribution in [0.1, 0.15) is 18.4 Å². The number of ether oxygens (including phenoxy) is 1. The maximum Gasteiger partial charge on any atom is 0.226 e. The van der Waals surface area contributed by atoms with Crippen LogP contribution >= 0.6 is 11.6 Å². The summed E-state index contributed by atoms with van der Waals surface area (Å²) in [4.78, 5) is 13.1. The average Bonchev–Trinajstić information content (AvgIpc) is 3.19. The molecule has 0 aliphatic heterocycles. The molecule has 2 aliphatic rings. The van der Waals surface area contributed by atoms with Crippen molar-refractivity contribution in [1.82, 2.24) is 19.5 Å². The monoisotopic (exact) mass is 433 g/mol. The minimum atomic E-state index is -0.747. The third-order valence-corrected chi connectivity index (χ3v) is 6.19. The number of benzene rings is 1. The molecular weight excluding hydrogens is 413 g/mol. The lowest BCUT2D eigenvalue weighted by Gasteiger charge is -2.16. The van der Waals surface area contributed by atoms with Gasteiger partial charge in [-0.1, -0.05) is 12.1 Å². The van der Waals surface area contributed by atoms with E-state index in [0.717, 1.165) is 12.0 Å². The van der Waals surface area contributed by atoms with E-state index < -0.39 is 18.9 Å². The van der Waals surface area contributed by atoms with Gasteiger partial charge in [0.05, 0.1) is 24.1 Å². The number of anilines is 1. The Morgan fingerprint density at radius 1 is 1.30 bits per heavy atom. The molecule has 5 rings (SSSR count). The highest BCUT2D eigenvalue weighted by molar-refractivity contribution is 6.28. The number of nitrogens with zero attached hydrogens (tertiary/aromatic N) is 4. The number of halogens is 2. The normalized spacial score (nSPS) is 27.3. The van der Waals surface area contributed by atoms with Crippen LogP contribution in [0.3, 0.4) is 0 Å². The predicted molar refractivity (Wildman–Crippen MR) is 108 cm³/mol. The summed E-state index contributed by atoms with van der Waals surface area (Å²) in [6, 6.07) is 7.36. The van der Waals surface area contributed by atoms with Crippen molar-refractivity contribution in [3.8, 4) is 5.75 Å². The van der Waals surface area contributed by atoms with Crippen LogP contribution in [0.5, 0.6) is 5.75 Å². The molecule has 0 saturated heterocycles. The molecule has 3 N–H and O–H groups in total. The Bertz CT molecular complexity index is 1100. The van der Waals surface area contributed by atoms with E-state index in [4.69, 9.17) is 16.3 Å². The Morgan fingerprint density at radius 3 is 2.93 bits per heavy atom. The Kier molecular flexibility index (Phi) is 4.76. The summed E-state index contributed by atoms with van der Waals surface area (Å²) in [5.41, 5.74) is 1.70. The Balaban J connectivity index is 1.41. The van der Waals surface area contributed by atoms with Crippen LogP contribution in [-0.2, 0) is 12.1 Å². The van der Waals surface area contributed by atoms with E-state index in [1.54, 1.807) is 12.4 Å². The first-order valence-electron chi connectivity index (χ1n) is 9.80. The van der Waals surface area contributed by atoms with E-state index in [2.05, 4.69) is 20.3 Å². The number of hydrogen-bond donors (Lipinski definition) is 3. The van der Waals surface area contributed by atoms with E-state index in [9.17, 15) is 14.6 Å². The van der Waals surface area contributed by atoms with E-state index in [1.165, 1.54) is 0 Å². The molecule has 0 spiro atoms. The molecule has 1 aromatic carbocycles. The second-order valence-corrected chi connectivity index (χ2v) is 8.18. The van der Waals surface area contributed by atoms with Crippen molar-refractivity contribution in [1.29, 1.82) is 0 Å². The van der Waals surface area contributed by atoms with Gasteiger partial charge < -0.3 is 24.8 Å². The molecule has 2 aliphatic carbocycles. The highest BCUT2D eigenvalue weighted by Crippen LogP contribution is 2.62. The first-order chi connectivity index (χ1) is 14.5. The van der Waals surface area contributed by atoms with Gasteiger partial charge >= 0.3 is 0 Å². The fourth-order valence-electron chi connectivity index (χ4n) is 4.53. The third-order valence-electron chi connectivity index (χ3n) is 6.03. The van der Waals surface area contributed by atoms with Crippen LogP contribution in [0.4, 0.5) is 10.2 Å². The van der Waals surface area contributed by atoms with E-state index in [-0.39, 0.29) is 23.3 Å². The summed E-state index contributed by atoms with van der Waals surface area (Å²) in [6.07, 6.45) is 1.43. The van der Waals surface area contributed by atoms with Gasteiger partial charge in [0.25, 0.3) is 0 Å². The summed E-state index contributed by atoms with van der Waals surface area (Å²) in [5.74, 6) is 1.08. The van der Waals surface area contributed by atoms with Crippen molar-refractivity contribution in [2.75, 3.05) is 18.6 Å². The number of aromatic nitrogens is 4. The lowest BCUT2D eigenvalue weighted by molar-refractivity contribution is 0.0246. The lowest BCUT2D eigenvalue weighted by Crippen LogP contribution is -2.23. The van der Waals surface area contributed by atoms with Crippen molar-refractivity contribution in [2.24, 2.45) is 5.92 Å². The Labute approximate surface area is 176 Å². The van der Waals surface area contributed by atoms with Gasteiger partial charge in [-0.2, -0.15) is 9.97 Å². The molecule has 0 radical (unpaired) electrons. The number of aliphatic hydroxyl groups excluding tert-OH is 2. The van der Waals surface area contributed by atoms with E-state index in [1.807, 2.05) is 22.8 Å². The number of nitrogens with one attached hydrogen (secondary N) is 1. The largest absolute Gasteiger partial charge is 0.491 e. The number of hydrogen-bond acceptors (Lipinski definition) is 7. The maximum atomic E-state index is 12.3. The summed E-state index contributed by atoms with van der Waals surface area (Å²) in [7, 11) is 0. The van der Waals surface area contributed by atoms with Crippen molar-refractivity contribution in [2.45, 2.75) is 37.1 Å². The number of imidazole rings is 1. The molecule has 3 aromatic rings. The van der Waals surface area contributed by atoms with Crippen LogP contribution in [0.2, 0.25) is 5.28 Å². The molecule has 10 heteroatoms. The SMILES string of the molecule is O[C@H]1[C@@H](O)C[C@@]2(n3cnc4c(NCc5cccc(OCCF)c5)nc(Cl)nc43)C[C@@H]12. The molecule has 0 unspecified atom stereocenters. The molecule has 2 heterocycles. The second-order valence-electron chi connectivity index (χ2n) is 7.84. The number of rotatable bonds is 7. The van der Waals surface area contributed by atoms with Crippen LogP contribution in [-0.4, -0.2) is 55.2 Å². The lowest BCUT2D eigenvalue weighted by atomic mass is 10.1. The first kappa shape index (κ1) is 19.5. The smallest absolute Gasteiger partial charge is 0.226 e. The number of aliphatic hydroxyl groups is 2. The van der Waals surface area contributed by atoms with Gasteiger partial charge in [0, 0.05) is 12.5 Å². The van der Waals surface area contributed by atoms with Gasteiger partial charge in [0.1, 0.15) is 19.0 Å². The Hall–Kier alpha value is -2.49. The van der Waals surface area contributed by atoms with Crippen molar-refractivity contribution in [3.63, 3.8) is 0 Å².